The molecule has 1 heterocycles. The van der Waals surface area contributed by atoms with E-state index in [9.17, 15) is 13.2 Å². The van der Waals surface area contributed by atoms with Gasteiger partial charge in [0, 0.05) is 6.08 Å². The first kappa shape index (κ1) is 11.7. The van der Waals surface area contributed by atoms with Gasteiger partial charge in [-0.15, -0.1) is 0 Å². The van der Waals surface area contributed by atoms with E-state index >= 15 is 0 Å². The third-order valence-corrected chi connectivity index (χ3v) is 3.54. The molecule has 0 radical (unpaired) electrons. The van der Waals surface area contributed by atoms with Crippen molar-refractivity contribution >= 4 is 16.0 Å². The fourth-order valence-electron chi connectivity index (χ4n) is 1.37. The molecule has 0 spiro atoms. The molecular formula is C11H11NO4S. The maximum atomic E-state index is 11.8. The molecule has 6 heteroatoms. The van der Waals surface area contributed by atoms with Crippen LogP contribution in [0.4, 0.5) is 0 Å². The second-order valence-corrected chi connectivity index (χ2v) is 5.23. The number of benzene rings is 1. The zero-order valence-corrected chi connectivity index (χ0v) is 9.95. The quantitative estimate of drug-likeness (QED) is 0.805. The summed E-state index contributed by atoms with van der Waals surface area (Å²) in [6.07, 6.45) is 1.13. The third-order valence-electron chi connectivity index (χ3n) is 2.26. The van der Waals surface area contributed by atoms with Crippen LogP contribution in [0, 0.1) is 6.92 Å². The van der Waals surface area contributed by atoms with Crippen molar-refractivity contribution in [2.75, 3.05) is 6.54 Å². The molecular weight excluding hydrogens is 242 g/mol. The van der Waals surface area contributed by atoms with Gasteiger partial charge in [-0.05, 0) is 19.1 Å². The van der Waals surface area contributed by atoms with Crippen LogP contribution in [0.2, 0.25) is 0 Å². The van der Waals surface area contributed by atoms with Gasteiger partial charge < -0.3 is 9.50 Å². The van der Waals surface area contributed by atoms with Crippen LogP contribution in [0.3, 0.4) is 0 Å². The Balaban J connectivity index is 2.22. The van der Waals surface area contributed by atoms with Crippen LogP contribution < -0.4 is 5.32 Å². The van der Waals surface area contributed by atoms with Gasteiger partial charge in [-0.2, -0.15) is 8.42 Å². The summed E-state index contributed by atoms with van der Waals surface area (Å²) in [7, 11) is -3.84. The van der Waals surface area contributed by atoms with Crippen molar-refractivity contribution in [3.05, 3.63) is 41.7 Å². The van der Waals surface area contributed by atoms with Crippen LogP contribution in [0.5, 0.6) is 0 Å². The highest BCUT2D eigenvalue weighted by Gasteiger charge is 2.21. The molecule has 1 N–H and O–H groups in total. The molecule has 1 amide bonds. The van der Waals surface area contributed by atoms with E-state index in [1.54, 1.807) is 12.1 Å². The van der Waals surface area contributed by atoms with E-state index in [4.69, 9.17) is 4.18 Å². The van der Waals surface area contributed by atoms with Gasteiger partial charge in [-0.25, -0.2) is 0 Å². The van der Waals surface area contributed by atoms with Gasteiger partial charge in [0.1, 0.15) is 10.7 Å². The molecule has 0 saturated carbocycles. The van der Waals surface area contributed by atoms with Crippen LogP contribution in [0.1, 0.15) is 5.56 Å². The first-order valence-electron chi connectivity index (χ1n) is 4.97. The highest BCUT2D eigenvalue weighted by atomic mass is 32.2. The monoisotopic (exact) mass is 253 g/mol. The lowest BCUT2D eigenvalue weighted by Crippen LogP contribution is -2.16. The van der Waals surface area contributed by atoms with E-state index in [0.717, 1.165) is 11.6 Å². The minimum atomic E-state index is -3.84. The van der Waals surface area contributed by atoms with Crippen molar-refractivity contribution in [1.29, 1.82) is 0 Å². The molecule has 0 unspecified atom stereocenters. The molecule has 1 aliphatic rings. The van der Waals surface area contributed by atoms with Crippen LogP contribution in [-0.4, -0.2) is 20.9 Å². The number of nitrogens with one attached hydrogen (secondary N) is 1. The molecule has 0 fully saturated rings. The number of amides is 1. The van der Waals surface area contributed by atoms with Gasteiger partial charge in [0.05, 0.1) is 6.54 Å². The van der Waals surface area contributed by atoms with E-state index in [1.165, 1.54) is 12.1 Å². The smallest absolute Gasteiger partial charge is 0.338 e. The largest absolute Gasteiger partial charge is 0.381 e. The maximum Gasteiger partial charge on any atom is 0.338 e. The molecule has 0 bridgehead atoms. The van der Waals surface area contributed by atoms with Gasteiger partial charge in [0.15, 0.2) is 0 Å². The number of carbonyl (C=O) groups is 1. The lowest BCUT2D eigenvalue weighted by Gasteiger charge is -2.06. The summed E-state index contributed by atoms with van der Waals surface area (Å²) in [5, 5.41) is 2.43. The zero-order chi connectivity index (χ0) is 12.5. The predicted molar refractivity (Wildman–Crippen MR) is 60.5 cm³/mol. The Morgan fingerprint density at radius 1 is 1.24 bits per heavy atom. The Morgan fingerprint density at radius 2 is 1.88 bits per heavy atom. The molecule has 0 aliphatic carbocycles. The second-order valence-electron chi connectivity index (χ2n) is 3.68. The second kappa shape index (κ2) is 4.21. The third kappa shape index (κ3) is 2.65. The van der Waals surface area contributed by atoms with Crippen LogP contribution >= 0.6 is 0 Å². The summed E-state index contributed by atoms with van der Waals surface area (Å²) in [5.41, 5.74) is 0.959. The average Bonchev–Trinajstić information content (AvgIpc) is 2.63. The average molecular weight is 253 g/mol. The first-order chi connectivity index (χ1) is 7.97. The van der Waals surface area contributed by atoms with Gasteiger partial charge in [0.2, 0.25) is 5.91 Å². The van der Waals surface area contributed by atoms with E-state index < -0.39 is 10.1 Å². The van der Waals surface area contributed by atoms with Gasteiger partial charge in [0.25, 0.3) is 0 Å². The molecule has 0 saturated heterocycles. The Hall–Kier alpha value is -1.82. The number of hydrogen-bond acceptors (Lipinski definition) is 4. The SMILES string of the molecule is Cc1ccc(S(=O)(=O)OC2=CC(=O)NC2)cc1. The van der Waals surface area contributed by atoms with Crippen molar-refractivity contribution in [3.63, 3.8) is 0 Å². The molecule has 0 aromatic heterocycles. The van der Waals surface area contributed by atoms with Crippen molar-refractivity contribution in [1.82, 2.24) is 5.32 Å². The van der Waals surface area contributed by atoms with Crippen LogP contribution in [-0.2, 0) is 19.1 Å². The number of aryl methyl sites for hydroxylation is 1. The van der Waals surface area contributed by atoms with E-state index in [2.05, 4.69) is 5.32 Å². The summed E-state index contributed by atoms with van der Waals surface area (Å²) in [6, 6.07) is 6.30. The van der Waals surface area contributed by atoms with Gasteiger partial charge >= 0.3 is 10.1 Å². The molecule has 1 aromatic rings. The van der Waals surface area contributed by atoms with Crippen molar-refractivity contribution in [2.45, 2.75) is 11.8 Å². The highest BCUT2D eigenvalue weighted by Crippen LogP contribution is 2.17. The summed E-state index contributed by atoms with van der Waals surface area (Å²) in [4.78, 5) is 10.9. The maximum absolute atomic E-state index is 11.8. The summed E-state index contributed by atoms with van der Waals surface area (Å²) in [6.45, 7) is 1.96. The fraction of sp³-hybridized carbons (Fsp3) is 0.182. The Bertz CT molecular complexity index is 572. The zero-order valence-electron chi connectivity index (χ0n) is 9.14. The normalized spacial score (nSPS) is 15.4. The van der Waals surface area contributed by atoms with E-state index in [-0.39, 0.29) is 23.1 Å². The Kier molecular flexibility index (Phi) is 2.89. The van der Waals surface area contributed by atoms with Crippen LogP contribution in [0.15, 0.2) is 41.0 Å². The molecule has 5 nitrogen and oxygen atoms in total. The van der Waals surface area contributed by atoms with Gasteiger partial charge in [-0.1, -0.05) is 17.7 Å². The van der Waals surface area contributed by atoms with Gasteiger partial charge in [-0.3, -0.25) is 4.79 Å². The molecule has 1 aliphatic heterocycles. The molecule has 1 aromatic carbocycles. The summed E-state index contributed by atoms with van der Waals surface area (Å²) < 4.78 is 28.5. The number of hydrogen-bond donors (Lipinski definition) is 1. The molecule has 90 valence electrons. The number of rotatable bonds is 3. The first-order valence-corrected chi connectivity index (χ1v) is 6.38. The van der Waals surface area contributed by atoms with Crippen molar-refractivity contribution < 1.29 is 17.4 Å². The minimum Gasteiger partial charge on any atom is -0.381 e. The van der Waals surface area contributed by atoms with Crippen molar-refractivity contribution in [2.24, 2.45) is 0 Å². The minimum absolute atomic E-state index is 0.0725. The summed E-state index contributed by atoms with van der Waals surface area (Å²) >= 11 is 0. The van der Waals surface area contributed by atoms with E-state index in [1.807, 2.05) is 6.92 Å². The number of carbonyl (C=O) groups excluding carboxylic acids is 1. The highest BCUT2D eigenvalue weighted by molar-refractivity contribution is 7.86. The lowest BCUT2D eigenvalue weighted by molar-refractivity contribution is -0.115. The fourth-order valence-corrected chi connectivity index (χ4v) is 2.32. The topological polar surface area (TPSA) is 72.5 Å². The summed E-state index contributed by atoms with van der Waals surface area (Å²) in [5.74, 6) is -0.241. The van der Waals surface area contributed by atoms with Crippen molar-refractivity contribution in [3.8, 4) is 0 Å². The Labute approximate surface area is 99.2 Å². The molecule has 2 rings (SSSR count). The lowest BCUT2D eigenvalue weighted by atomic mass is 10.2. The molecule has 0 atom stereocenters. The molecule has 17 heavy (non-hydrogen) atoms. The predicted octanol–water partition coefficient (Wildman–Crippen LogP) is 0.714. The van der Waals surface area contributed by atoms with Crippen LogP contribution in [0.25, 0.3) is 0 Å². The standard InChI is InChI=1S/C11H11NO4S/c1-8-2-4-10(5-3-8)17(14,15)16-9-6-11(13)12-7-9/h2-6H,7H2,1H3,(H,12,13). The van der Waals surface area contributed by atoms with E-state index in [0.29, 0.717) is 0 Å². The Morgan fingerprint density at radius 3 is 2.41 bits per heavy atom.